The smallest absolute Gasteiger partial charge is 0.226 e. The molecule has 4 heteroatoms. The number of hydrogen-bond acceptors (Lipinski definition) is 4. The van der Waals surface area contributed by atoms with Crippen LogP contribution in [-0.4, -0.2) is 17.9 Å². The van der Waals surface area contributed by atoms with Gasteiger partial charge in [0, 0.05) is 17.5 Å². The molecule has 0 aliphatic rings. The Hall–Kier alpha value is -3.66. The van der Waals surface area contributed by atoms with E-state index in [2.05, 4.69) is 4.98 Å². The van der Waals surface area contributed by atoms with E-state index in [1.54, 1.807) is 0 Å². The third-order valence-corrected chi connectivity index (χ3v) is 5.02. The molecule has 0 spiro atoms. The summed E-state index contributed by atoms with van der Waals surface area (Å²) < 4.78 is 11.7. The van der Waals surface area contributed by atoms with Crippen molar-refractivity contribution in [2.45, 2.75) is 19.8 Å². The molecule has 0 atom stereocenters. The number of hydrogen-bond donors (Lipinski definition) is 0. The van der Waals surface area contributed by atoms with Gasteiger partial charge in [0.15, 0.2) is 0 Å². The molecule has 1 aromatic heterocycles. The van der Waals surface area contributed by atoms with Crippen LogP contribution in [0, 0.1) is 6.92 Å². The minimum absolute atomic E-state index is 0.523. The molecular weight excluding hydrogens is 374 g/mol. The number of carbonyl (C=O) groups is 1. The van der Waals surface area contributed by atoms with Crippen LogP contribution in [0.2, 0.25) is 0 Å². The molecule has 0 fully saturated rings. The third kappa shape index (κ3) is 4.66. The maximum atomic E-state index is 11.2. The van der Waals surface area contributed by atoms with Gasteiger partial charge in [0.2, 0.25) is 5.89 Å². The van der Waals surface area contributed by atoms with Gasteiger partial charge < -0.3 is 9.15 Å². The van der Waals surface area contributed by atoms with Gasteiger partial charge in [-0.1, -0.05) is 54.6 Å². The lowest BCUT2D eigenvalue weighted by molar-refractivity contribution is 0.112. The van der Waals surface area contributed by atoms with Crippen molar-refractivity contribution in [1.29, 1.82) is 0 Å². The van der Waals surface area contributed by atoms with Gasteiger partial charge in [-0.15, -0.1) is 0 Å². The number of aryl methyl sites for hydroxylation is 1. The van der Waals surface area contributed by atoms with E-state index in [-0.39, 0.29) is 0 Å². The zero-order valence-corrected chi connectivity index (χ0v) is 16.9. The predicted molar refractivity (Wildman–Crippen MR) is 117 cm³/mol. The summed E-state index contributed by atoms with van der Waals surface area (Å²) in [5.74, 6) is 2.27. The predicted octanol–water partition coefficient (Wildman–Crippen LogP) is 5.67. The quantitative estimate of drug-likeness (QED) is 0.359. The van der Waals surface area contributed by atoms with Crippen LogP contribution < -0.4 is 4.74 Å². The third-order valence-electron chi connectivity index (χ3n) is 5.02. The molecule has 0 saturated heterocycles. The van der Waals surface area contributed by atoms with E-state index in [0.29, 0.717) is 18.9 Å². The number of aromatic nitrogens is 1. The number of benzene rings is 3. The fourth-order valence-corrected chi connectivity index (χ4v) is 3.36. The fourth-order valence-electron chi connectivity index (χ4n) is 3.36. The van der Waals surface area contributed by atoms with Gasteiger partial charge in [0.05, 0.1) is 12.3 Å². The Morgan fingerprint density at radius 3 is 2.43 bits per heavy atom. The molecule has 0 aliphatic carbocycles. The average molecular weight is 397 g/mol. The normalized spacial score (nSPS) is 10.7. The summed E-state index contributed by atoms with van der Waals surface area (Å²) in [6.07, 6.45) is 2.30. The van der Waals surface area contributed by atoms with Crippen LogP contribution in [0.3, 0.4) is 0 Å². The number of aldehydes is 1. The van der Waals surface area contributed by atoms with Crippen molar-refractivity contribution in [2.75, 3.05) is 6.61 Å². The Kier molecular flexibility index (Phi) is 6.04. The van der Waals surface area contributed by atoms with E-state index >= 15 is 0 Å². The van der Waals surface area contributed by atoms with E-state index < -0.39 is 0 Å². The topological polar surface area (TPSA) is 52.3 Å². The SMILES string of the molecule is Cc1oc(-c2ccccc2)nc1CCOc1ccc(Cc2ccccc2C=O)cc1. The lowest BCUT2D eigenvalue weighted by Crippen LogP contribution is -2.03. The highest BCUT2D eigenvalue weighted by molar-refractivity contribution is 5.77. The number of rotatable bonds is 8. The first-order chi connectivity index (χ1) is 14.7. The summed E-state index contributed by atoms with van der Waals surface area (Å²) in [5.41, 5.74) is 4.78. The molecule has 0 amide bonds. The van der Waals surface area contributed by atoms with E-state index in [4.69, 9.17) is 9.15 Å². The lowest BCUT2D eigenvalue weighted by Gasteiger charge is -2.08. The number of oxazole rings is 1. The van der Waals surface area contributed by atoms with Crippen molar-refractivity contribution in [1.82, 2.24) is 4.98 Å². The summed E-state index contributed by atoms with van der Waals surface area (Å²) in [6.45, 7) is 2.45. The van der Waals surface area contributed by atoms with Crippen molar-refractivity contribution in [3.8, 4) is 17.2 Å². The summed E-state index contributed by atoms with van der Waals surface area (Å²) in [6, 6.07) is 25.5. The number of ether oxygens (including phenoxy) is 1. The van der Waals surface area contributed by atoms with Crippen molar-refractivity contribution in [2.24, 2.45) is 0 Å². The highest BCUT2D eigenvalue weighted by atomic mass is 16.5. The highest BCUT2D eigenvalue weighted by Crippen LogP contribution is 2.22. The summed E-state index contributed by atoms with van der Waals surface area (Å²) >= 11 is 0. The molecule has 0 N–H and O–H groups in total. The van der Waals surface area contributed by atoms with Crippen LogP contribution in [0.25, 0.3) is 11.5 Å². The first-order valence-corrected chi connectivity index (χ1v) is 9.99. The molecule has 4 aromatic rings. The average Bonchev–Trinajstić information content (AvgIpc) is 3.16. The Morgan fingerprint density at radius 2 is 1.67 bits per heavy atom. The number of carbonyl (C=O) groups excluding carboxylic acids is 1. The van der Waals surface area contributed by atoms with E-state index in [1.165, 1.54) is 0 Å². The van der Waals surface area contributed by atoms with Gasteiger partial charge in [-0.25, -0.2) is 4.98 Å². The zero-order chi connectivity index (χ0) is 20.8. The van der Waals surface area contributed by atoms with Gasteiger partial charge in [-0.3, -0.25) is 4.79 Å². The van der Waals surface area contributed by atoms with Crippen molar-refractivity contribution in [3.63, 3.8) is 0 Å². The van der Waals surface area contributed by atoms with Crippen LogP contribution in [0.1, 0.15) is 32.9 Å². The van der Waals surface area contributed by atoms with Crippen molar-refractivity contribution in [3.05, 3.63) is 107 Å². The molecule has 0 aliphatic heterocycles. The van der Waals surface area contributed by atoms with E-state index in [1.807, 2.05) is 85.8 Å². The molecule has 1 heterocycles. The minimum atomic E-state index is 0.523. The Balaban J connectivity index is 1.34. The second-order valence-corrected chi connectivity index (χ2v) is 7.12. The molecule has 4 rings (SSSR count). The van der Waals surface area contributed by atoms with Crippen molar-refractivity contribution >= 4 is 6.29 Å². The molecule has 0 unspecified atom stereocenters. The van der Waals surface area contributed by atoms with E-state index in [9.17, 15) is 4.79 Å². The standard InChI is InChI=1S/C26H23NO3/c1-19-25(27-26(30-19)21-7-3-2-4-8-21)15-16-29-24-13-11-20(12-14-24)17-22-9-5-6-10-23(22)18-28/h2-14,18H,15-17H2,1H3. The van der Waals surface area contributed by atoms with E-state index in [0.717, 1.165) is 52.2 Å². The first kappa shape index (κ1) is 19.6. The second kappa shape index (κ2) is 9.23. The van der Waals surface area contributed by atoms with Gasteiger partial charge in [-0.2, -0.15) is 0 Å². The van der Waals surface area contributed by atoms with Gasteiger partial charge in [-0.05, 0) is 48.7 Å². The van der Waals surface area contributed by atoms with Crippen LogP contribution in [0.15, 0.2) is 83.3 Å². The van der Waals surface area contributed by atoms with Crippen LogP contribution >= 0.6 is 0 Å². The van der Waals surface area contributed by atoms with Crippen LogP contribution in [0.5, 0.6) is 5.75 Å². The molecule has 0 radical (unpaired) electrons. The molecular formula is C26H23NO3. The molecule has 0 saturated carbocycles. The molecule has 30 heavy (non-hydrogen) atoms. The Bertz CT molecular complexity index is 1110. The second-order valence-electron chi connectivity index (χ2n) is 7.12. The highest BCUT2D eigenvalue weighted by Gasteiger charge is 2.11. The number of nitrogens with zero attached hydrogens (tertiary/aromatic N) is 1. The van der Waals surface area contributed by atoms with Gasteiger partial charge in [0.1, 0.15) is 17.8 Å². The van der Waals surface area contributed by atoms with Crippen LogP contribution in [-0.2, 0) is 12.8 Å². The monoisotopic (exact) mass is 397 g/mol. The van der Waals surface area contributed by atoms with Crippen molar-refractivity contribution < 1.29 is 13.9 Å². The van der Waals surface area contributed by atoms with Crippen LogP contribution in [0.4, 0.5) is 0 Å². The summed E-state index contributed by atoms with van der Waals surface area (Å²) in [4.78, 5) is 15.8. The largest absolute Gasteiger partial charge is 0.493 e. The minimum Gasteiger partial charge on any atom is -0.493 e. The lowest BCUT2D eigenvalue weighted by atomic mass is 10.0. The zero-order valence-electron chi connectivity index (χ0n) is 16.9. The summed E-state index contributed by atoms with van der Waals surface area (Å²) in [5, 5.41) is 0. The maximum Gasteiger partial charge on any atom is 0.226 e. The Labute approximate surface area is 176 Å². The van der Waals surface area contributed by atoms with Gasteiger partial charge >= 0.3 is 0 Å². The molecule has 3 aromatic carbocycles. The fraction of sp³-hybridized carbons (Fsp3) is 0.154. The molecule has 0 bridgehead atoms. The Morgan fingerprint density at radius 1 is 0.933 bits per heavy atom. The van der Waals surface area contributed by atoms with Gasteiger partial charge in [0.25, 0.3) is 0 Å². The molecule has 4 nitrogen and oxygen atoms in total. The summed E-state index contributed by atoms with van der Waals surface area (Å²) in [7, 11) is 0. The first-order valence-electron chi connectivity index (χ1n) is 9.99. The molecule has 150 valence electrons. The maximum absolute atomic E-state index is 11.2.